The van der Waals surface area contributed by atoms with Crippen LogP contribution < -0.4 is 11.1 Å². The van der Waals surface area contributed by atoms with Crippen molar-refractivity contribution in [2.75, 3.05) is 0 Å². The van der Waals surface area contributed by atoms with E-state index in [1.54, 1.807) is 6.08 Å². The highest BCUT2D eigenvalue weighted by Gasteiger charge is 2.19. The first kappa shape index (κ1) is 12.9. The summed E-state index contributed by atoms with van der Waals surface area (Å²) in [5, 5.41) is 17.6. The lowest BCUT2D eigenvalue weighted by molar-refractivity contribution is -0.116. The second-order valence-corrected chi connectivity index (χ2v) is 2.72. The Balaban J connectivity index is 0.000000423. The number of nitrogens with one attached hydrogen (secondary N) is 1. The molecule has 0 bridgehead atoms. The lowest BCUT2D eigenvalue weighted by Crippen LogP contribution is -2.40. The van der Waals surface area contributed by atoms with Crippen molar-refractivity contribution in [2.45, 2.75) is 18.9 Å². The number of hydrogen-bond donors (Lipinski definition) is 4. The molecule has 0 saturated carbocycles. The van der Waals surface area contributed by atoms with Crippen molar-refractivity contribution in [1.82, 2.24) is 5.32 Å². The summed E-state index contributed by atoms with van der Waals surface area (Å²) >= 11 is 0. The maximum absolute atomic E-state index is 10.9. The molecule has 1 aliphatic rings. The first-order valence-electron chi connectivity index (χ1n) is 4.11. The number of rotatable bonds is 1. The lowest BCUT2D eigenvalue weighted by atomic mass is 10.0. The Bertz CT molecular complexity index is 283. The molecule has 0 aliphatic heterocycles. The zero-order valence-electron chi connectivity index (χ0n) is 7.84. The van der Waals surface area contributed by atoms with Crippen LogP contribution in [0.15, 0.2) is 12.2 Å². The molecule has 1 atom stereocenters. The molecule has 0 spiro atoms. The van der Waals surface area contributed by atoms with E-state index in [0.29, 0.717) is 6.42 Å². The topological polar surface area (TPSA) is 130 Å². The number of hydrogen-bond acceptors (Lipinski definition) is 3. The van der Waals surface area contributed by atoms with Gasteiger partial charge in [0.25, 0.3) is 0 Å². The summed E-state index contributed by atoms with van der Waals surface area (Å²) < 4.78 is 0. The Morgan fingerprint density at radius 3 is 2.40 bits per heavy atom. The quantitative estimate of drug-likeness (QED) is 0.496. The number of amides is 2. The van der Waals surface area contributed by atoms with Gasteiger partial charge >= 0.3 is 12.2 Å². The molecule has 1 rings (SSSR count). The predicted octanol–water partition coefficient (Wildman–Crippen LogP) is 0.165. The molecular weight excluding hydrogens is 204 g/mol. The molecule has 7 nitrogen and oxygen atoms in total. The van der Waals surface area contributed by atoms with Crippen LogP contribution in [0, 0.1) is 0 Å². The van der Waals surface area contributed by atoms with Crippen molar-refractivity contribution in [3.63, 3.8) is 0 Å². The van der Waals surface area contributed by atoms with E-state index < -0.39 is 18.2 Å². The number of allylic oxidation sites excluding steroid dienone is 1. The average Bonchev–Trinajstić information content (AvgIpc) is 2.07. The second-order valence-electron chi connectivity index (χ2n) is 2.72. The number of ketones is 1. The van der Waals surface area contributed by atoms with E-state index in [4.69, 9.17) is 15.0 Å². The maximum atomic E-state index is 10.9. The molecule has 0 saturated heterocycles. The molecule has 0 unspecified atom stereocenters. The van der Waals surface area contributed by atoms with Crippen LogP contribution >= 0.6 is 0 Å². The largest absolute Gasteiger partial charge is 0.465 e. The normalized spacial score (nSPS) is 18.7. The van der Waals surface area contributed by atoms with E-state index in [9.17, 15) is 9.59 Å². The van der Waals surface area contributed by atoms with Gasteiger partial charge in [-0.25, -0.2) is 9.59 Å². The van der Waals surface area contributed by atoms with E-state index in [0.717, 1.165) is 6.42 Å². The highest BCUT2D eigenvalue weighted by molar-refractivity contribution is 5.96. The first-order chi connectivity index (χ1) is 6.93. The standard InChI is InChI=1S/C7H9NO3.CH3NO2/c9-6-4-2-1-3-5(6)8-7(10)11;2-1(3)4/h2,4-5,8H,1,3H2,(H,10,11);2H2,(H,3,4)/t5-;/m1./s1. The van der Waals surface area contributed by atoms with Gasteiger partial charge < -0.3 is 21.3 Å². The Morgan fingerprint density at radius 2 is 2.00 bits per heavy atom. The van der Waals surface area contributed by atoms with Crippen LogP contribution in [0.4, 0.5) is 9.59 Å². The molecule has 0 fully saturated rings. The van der Waals surface area contributed by atoms with Crippen molar-refractivity contribution in [2.24, 2.45) is 5.73 Å². The van der Waals surface area contributed by atoms with Crippen LogP contribution in [-0.4, -0.2) is 34.2 Å². The molecular formula is C8H12N2O5. The molecule has 15 heavy (non-hydrogen) atoms. The van der Waals surface area contributed by atoms with Crippen LogP contribution in [0.1, 0.15) is 12.8 Å². The summed E-state index contributed by atoms with van der Waals surface area (Å²) in [6.07, 6.45) is 2.03. The van der Waals surface area contributed by atoms with Crippen LogP contribution in [0.25, 0.3) is 0 Å². The molecule has 5 N–H and O–H groups in total. The zero-order chi connectivity index (χ0) is 11.8. The van der Waals surface area contributed by atoms with Crippen molar-refractivity contribution in [1.29, 1.82) is 0 Å². The number of nitrogens with two attached hydrogens (primary N) is 1. The summed E-state index contributed by atoms with van der Waals surface area (Å²) in [5.41, 5.74) is 4.03. The van der Waals surface area contributed by atoms with Gasteiger partial charge in [-0.15, -0.1) is 0 Å². The third kappa shape index (κ3) is 7.05. The van der Waals surface area contributed by atoms with Gasteiger partial charge in [-0.05, 0) is 18.9 Å². The van der Waals surface area contributed by atoms with Gasteiger partial charge in [-0.3, -0.25) is 4.79 Å². The van der Waals surface area contributed by atoms with E-state index >= 15 is 0 Å². The van der Waals surface area contributed by atoms with Gasteiger partial charge in [0, 0.05) is 0 Å². The van der Waals surface area contributed by atoms with Gasteiger partial charge in [0.1, 0.15) is 0 Å². The minimum Gasteiger partial charge on any atom is -0.465 e. The second kappa shape index (κ2) is 6.41. The molecule has 0 aromatic heterocycles. The van der Waals surface area contributed by atoms with Crippen molar-refractivity contribution < 1.29 is 24.6 Å². The zero-order valence-corrected chi connectivity index (χ0v) is 7.84. The Morgan fingerprint density at radius 1 is 1.47 bits per heavy atom. The van der Waals surface area contributed by atoms with Crippen LogP contribution in [0.2, 0.25) is 0 Å². The molecule has 7 heteroatoms. The molecule has 2 amide bonds. The highest BCUT2D eigenvalue weighted by atomic mass is 16.4. The van der Waals surface area contributed by atoms with Crippen LogP contribution in [0.3, 0.4) is 0 Å². The monoisotopic (exact) mass is 216 g/mol. The predicted molar refractivity (Wildman–Crippen MR) is 50.5 cm³/mol. The number of carbonyl (C=O) groups is 3. The fourth-order valence-corrected chi connectivity index (χ4v) is 1.01. The van der Waals surface area contributed by atoms with Gasteiger partial charge in [-0.2, -0.15) is 0 Å². The van der Waals surface area contributed by atoms with Crippen molar-refractivity contribution >= 4 is 18.0 Å². The van der Waals surface area contributed by atoms with Crippen molar-refractivity contribution in [3.8, 4) is 0 Å². The number of primary amides is 1. The highest BCUT2D eigenvalue weighted by Crippen LogP contribution is 2.06. The molecule has 0 heterocycles. The molecule has 1 aliphatic carbocycles. The summed E-state index contributed by atoms with van der Waals surface area (Å²) in [4.78, 5) is 29.8. The SMILES string of the molecule is NC(=O)O.O=C(O)N[C@@H]1CCC=CC1=O. The summed E-state index contributed by atoms with van der Waals surface area (Å²) in [6, 6.07) is -0.530. The lowest BCUT2D eigenvalue weighted by Gasteiger charge is -2.15. The number of carbonyl (C=O) groups excluding carboxylic acids is 1. The van der Waals surface area contributed by atoms with Gasteiger partial charge in [-0.1, -0.05) is 6.08 Å². The van der Waals surface area contributed by atoms with Crippen molar-refractivity contribution in [3.05, 3.63) is 12.2 Å². The smallest absolute Gasteiger partial charge is 0.405 e. The Labute approximate surface area is 85.6 Å². The fraction of sp³-hybridized carbons (Fsp3) is 0.375. The van der Waals surface area contributed by atoms with Crippen LogP contribution in [-0.2, 0) is 4.79 Å². The molecule has 84 valence electrons. The Kier molecular flexibility index (Phi) is 5.53. The van der Waals surface area contributed by atoms with E-state index in [2.05, 4.69) is 11.1 Å². The van der Waals surface area contributed by atoms with E-state index in [1.807, 2.05) is 0 Å². The van der Waals surface area contributed by atoms with E-state index in [-0.39, 0.29) is 5.78 Å². The molecule has 0 radical (unpaired) electrons. The maximum Gasteiger partial charge on any atom is 0.405 e. The van der Waals surface area contributed by atoms with Gasteiger partial charge in [0.15, 0.2) is 5.78 Å². The van der Waals surface area contributed by atoms with Gasteiger partial charge in [0.05, 0.1) is 6.04 Å². The minimum atomic E-state index is -1.33. The summed E-state index contributed by atoms with van der Waals surface area (Å²) in [6.45, 7) is 0. The fourth-order valence-electron chi connectivity index (χ4n) is 1.01. The molecule has 0 aromatic rings. The Hall–Kier alpha value is -2.05. The minimum absolute atomic E-state index is 0.154. The third-order valence-corrected chi connectivity index (χ3v) is 1.55. The average molecular weight is 216 g/mol. The third-order valence-electron chi connectivity index (χ3n) is 1.55. The van der Waals surface area contributed by atoms with E-state index in [1.165, 1.54) is 6.08 Å². The van der Waals surface area contributed by atoms with Crippen LogP contribution in [0.5, 0.6) is 0 Å². The van der Waals surface area contributed by atoms with Gasteiger partial charge in [0.2, 0.25) is 0 Å². The first-order valence-corrected chi connectivity index (χ1v) is 4.11. The summed E-state index contributed by atoms with van der Waals surface area (Å²) in [5.74, 6) is -0.154. The summed E-state index contributed by atoms with van der Waals surface area (Å²) in [7, 11) is 0. The molecule has 0 aromatic carbocycles. The number of carboxylic acid groups (broad SMARTS) is 2.